The highest BCUT2D eigenvalue weighted by atomic mass is 16.5. The van der Waals surface area contributed by atoms with Crippen LogP contribution in [-0.4, -0.2) is 40.8 Å². The van der Waals surface area contributed by atoms with Crippen molar-refractivity contribution in [1.29, 1.82) is 0 Å². The smallest absolute Gasteiger partial charge is 0.269 e. The van der Waals surface area contributed by atoms with Crippen LogP contribution < -0.4 is 15.4 Å². The molecule has 7 heteroatoms. The number of nitrogens with zero attached hydrogens (tertiary/aromatic N) is 2. The second kappa shape index (κ2) is 9.12. The molecule has 2 amide bonds. The van der Waals surface area contributed by atoms with E-state index in [4.69, 9.17) is 4.74 Å². The lowest BCUT2D eigenvalue weighted by Crippen LogP contribution is -2.55. The summed E-state index contributed by atoms with van der Waals surface area (Å²) < 4.78 is 7.04. The molecule has 31 heavy (non-hydrogen) atoms. The standard InChI is InChI=1S/C24H32N4O3/c1-4-7-15-12-23(29)26-19-13-16(10-11-17(15)19)25-24(30)21-14-20(27-28(21)2)18-8-5-6-9-22(18)31-3/h5-6,8-9,14-17,19H,4,7,10-13H2,1-3H3,(H,25,30)(H,26,29). The Hall–Kier alpha value is -2.83. The Labute approximate surface area is 183 Å². The summed E-state index contributed by atoms with van der Waals surface area (Å²) in [5.41, 5.74) is 2.07. The van der Waals surface area contributed by atoms with Crippen molar-refractivity contribution in [3.63, 3.8) is 0 Å². The van der Waals surface area contributed by atoms with E-state index in [1.54, 1.807) is 24.9 Å². The molecule has 0 radical (unpaired) electrons. The molecule has 1 aliphatic carbocycles. The van der Waals surface area contributed by atoms with Gasteiger partial charge in [-0.1, -0.05) is 25.5 Å². The minimum Gasteiger partial charge on any atom is -0.496 e. The summed E-state index contributed by atoms with van der Waals surface area (Å²) in [4.78, 5) is 25.2. The maximum atomic E-state index is 13.0. The fourth-order valence-electron chi connectivity index (χ4n) is 5.32. The van der Waals surface area contributed by atoms with Gasteiger partial charge in [0.15, 0.2) is 0 Å². The number of aromatic nitrogens is 2. The van der Waals surface area contributed by atoms with E-state index in [2.05, 4.69) is 22.7 Å². The van der Waals surface area contributed by atoms with Crippen molar-refractivity contribution in [2.24, 2.45) is 18.9 Å². The Morgan fingerprint density at radius 3 is 2.90 bits per heavy atom. The Morgan fingerprint density at radius 2 is 2.13 bits per heavy atom. The first-order chi connectivity index (χ1) is 15.0. The van der Waals surface area contributed by atoms with E-state index in [1.807, 2.05) is 24.3 Å². The van der Waals surface area contributed by atoms with Gasteiger partial charge >= 0.3 is 0 Å². The maximum absolute atomic E-state index is 13.0. The number of hydrogen-bond acceptors (Lipinski definition) is 4. The topological polar surface area (TPSA) is 85.2 Å². The fourth-order valence-corrected chi connectivity index (χ4v) is 5.32. The number of ether oxygens (including phenoxy) is 1. The molecule has 4 atom stereocenters. The summed E-state index contributed by atoms with van der Waals surface area (Å²) in [6.07, 6.45) is 5.63. The van der Waals surface area contributed by atoms with Crippen LogP contribution in [0.2, 0.25) is 0 Å². The monoisotopic (exact) mass is 424 g/mol. The van der Waals surface area contributed by atoms with Crippen LogP contribution in [0.1, 0.15) is 55.9 Å². The number of carbonyl (C=O) groups excluding carboxylic acids is 2. The Bertz CT molecular complexity index is 954. The van der Waals surface area contributed by atoms with E-state index in [0.717, 1.165) is 43.4 Å². The van der Waals surface area contributed by atoms with E-state index in [1.165, 1.54) is 0 Å². The van der Waals surface area contributed by atoms with E-state index in [9.17, 15) is 9.59 Å². The molecular formula is C24H32N4O3. The molecule has 0 bridgehead atoms. The second-order valence-electron chi connectivity index (χ2n) is 8.81. The summed E-state index contributed by atoms with van der Waals surface area (Å²) in [6.45, 7) is 2.18. The molecule has 2 aromatic rings. The Balaban J connectivity index is 1.45. The molecule has 1 aromatic carbocycles. The lowest BCUT2D eigenvalue weighted by Gasteiger charge is -2.44. The van der Waals surface area contributed by atoms with Crippen LogP contribution in [0.25, 0.3) is 11.3 Å². The van der Waals surface area contributed by atoms with E-state index in [-0.39, 0.29) is 23.9 Å². The summed E-state index contributed by atoms with van der Waals surface area (Å²) >= 11 is 0. The quantitative estimate of drug-likeness (QED) is 0.745. The van der Waals surface area contributed by atoms with Crippen LogP contribution in [0.15, 0.2) is 30.3 Å². The van der Waals surface area contributed by atoms with Crippen molar-refractivity contribution < 1.29 is 14.3 Å². The highest BCUT2D eigenvalue weighted by Gasteiger charge is 2.40. The van der Waals surface area contributed by atoms with Crippen LogP contribution in [-0.2, 0) is 11.8 Å². The minimum atomic E-state index is -0.133. The molecule has 1 aromatic heterocycles. The van der Waals surface area contributed by atoms with E-state index >= 15 is 0 Å². The number of hydrogen-bond donors (Lipinski definition) is 2. The highest BCUT2D eigenvalue weighted by Crippen LogP contribution is 2.37. The van der Waals surface area contributed by atoms with Gasteiger partial charge in [0, 0.05) is 31.1 Å². The highest BCUT2D eigenvalue weighted by molar-refractivity contribution is 5.94. The van der Waals surface area contributed by atoms with Gasteiger partial charge in [-0.05, 0) is 55.7 Å². The first kappa shape index (κ1) is 21.4. The number of nitrogens with one attached hydrogen (secondary N) is 2. The molecule has 2 heterocycles. The largest absolute Gasteiger partial charge is 0.496 e. The SMILES string of the molecule is CCCC1CC(=O)NC2CC(NC(=O)c3cc(-c4ccccc4OC)nn3C)CCC12. The van der Waals surface area contributed by atoms with Crippen LogP contribution in [0.3, 0.4) is 0 Å². The molecule has 166 valence electrons. The van der Waals surface area contributed by atoms with Gasteiger partial charge in [-0.15, -0.1) is 0 Å². The van der Waals surface area contributed by atoms with Crippen molar-refractivity contribution in [2.45, 2.75) is 57.5 Å². The number of amides is 2. The van der Waals surface area contributed by atoms with Crippen LogP contribution in [0.5, 0.6) is 5.75 Å². The molecule has 2 aliphatic rings. The summed E-state index contributed by atoms with van der Waals surface area (Å²) in [5.74, 6) is 1.74. The molecule has 4 rings (SSSR count). The number of fused-ring (bicyclic) bond motifs is 1. The predicted octanol–water partition coefficient (Wildman–Crippen LogP) is 3.30. The Kier molecular flexibility index (Phi) is 6.30. The van der Waals surface area contributed by atoms with Crippen molar-refractivity contribution in [3.8, 4) is 17.0 Å². The fraction of sp³-hybridized carbons (Fsp3) is 0.542. The van der Waals surface area contributed by atoms with Crippen LogP contribution in [0.4, 0.5) is 0 Å². The minimum absolute atomic E-state index is 0.0547. The summed E-state index contributed by atoms with van der Waals surface area (Å²) in [7, 11) is 3.41. The van der Waals surface area contributed by atoms with Gasteiger partial charge in [0.25, 0.3) is 5.91 Å². The van der Waals surface area contributed by atoms with Crippen LogP contribution in [0, 0.1) is 11.8 Å². The van der Waals surface area contributed by atoms with Crippen molar-refractivity contribution in [3.05, 3.63) is 36.0 Å². The second-order valence-corrected chi connectivity index (χ2v) is 8.81. The van der Waals surface area contributed by atoms with Gasteiger partial charge < -0.3 is 15.4 Å². The summed E-state index contributed by atoms with van der Waals surface area (Å²) in [5, 5.41) is 10.9. The zero-order valence-corrected chi connectivity index (χ0v) is 18.6. The first-order valence-electron chi connectivity index (χ1n) is 11.3. The van der Waals surface area contributed by atoms with Gasteiger partial charge in [-0.3, -0.25) is 14.3 Å². The number of benzene rings is 1. The van der Waals surface area contributed by atoms with Crippen molar-refractivity contribution in [2.75, 3.05) is 7.11 Å². The molecular weight excluding hydrogens is 392 g/mol. The van der Waals surface area contributed by atoms with E-state index < -0.39 is 0 Å². The molecule has 7 nitrogen and oxygen atoms in total. The van der Waals surface area contributed by atoms with Crippen molar-refractivity contribution in [1.82, 2.24) is 20.4 Å². The predicted molar refractivity (Wildman–Crippen MR) is 119 cm³/mol. The normalized spacial score (nSPS) is 25.5. The number of para-hydroxylation sites is 1. The third kappa shape index (κ3) is 4.45. The van der Waals surface area contributed by atoms with Gasteiger partial charge in [0.2, 0.25) is 5.91 Å². The molecule has 1 saturated heterocycles. The first-order valence-corrected chi connectivity index (χ1v) is 11.3. The molecule has 1 saturated carbocycles. The molecule has 4 unspecified atom stereocenters. The number of methoxy groups -OCH3 is 1. The van der Waals surface area contributed by atoms with Crippen molar-refractivity contribution >= 4 is 11.8 Å². The zero-order valence-electron chi connectivity index (χ0n) is 18.6. The molecule has 0 spiro atoms. The van der Waals surface area contributed by atoms with Gasteiger partial charge in [0.05, 0.1) is 12.8 Å². The lowest BCUT2D eigenvalue weighted by molar-refractivity contribution is -0.127. The third-order valence-electron chi connectivity index (χ3n) is 6.79. The van der Waals surface area contributed by atoms with Gasteiger partial charge in [0.1, 0.15) is 11.4 Å². The lowest BCUT2D eigenvalue weighted by atomic mass is 9.70. The average Bonchev–Trinajstić information content (AvgIpc) is 3.15. The Morgan fingerprint density at radius 1 is 1.32 bits per heavy atom. The van der Waals surface area contributed by atoms with Gasteiger partial charge in [-0.2, -0.15) is 5.10 Å². The van der Waals surface area contributed by atoms with Crippen LogP contribution >= 0.6 is 0 Å². The number of rotatable bonds is 6. The maximum Gasteiger partial charge on any atom is 0.269 e. The molecule has 2 N–H and O–H groups in total. The summed E-state index contributed by atoms with van der Waals surface area (Å²) in [6, 6.07) is 9.67. The van der Waals surface area contributed by atoms with Gasteiger partial charge in [-0.25, -0.2) is 0 Å². The number of carbonyl (C=O) groups is 2. The molecule has 1 aliphatic heterocycles. The third-order valence-corrected chi connectivity index (χ3v) is 6.79. The number of piperidine rings is 1. The zero-order chi connectivity index (χ0) is 22.0. The van der Waals surface area contributed by atoms with E-state index in [0.29, 0.717) is 29.6 Å². The molecule has 2 fully saturated rings. The number of aryl methyl sites for hydroxylation is 1. The average molecular weight is 425 g/mol.